The summed E-state index contributed by atoms with van der Waals surface area (Å²) in [4.78, 5) is 16.3. The number of rotatable bonds is 2. The van der Waals surface area contributed by atoms with Crippen molar-refractivity contribution in [2.45, 2.75) is 0 Å². The van der Waals surface area contributed by atoms with Crippen molar-refractivity contribution in [3.63, 3.8) is 0 Å². The van der Waals surface area contributed by atoms with Crippen LogP contribution in [-0.2, 0) is 0 Å². The minimum Gasteiger partial charge on any atom is -0.367 e. The Morgan fingerprint density at radius 1 is 1.09 bits per heavy atom. The standard InChI is InChI=1S/C17H15BrClFN2O/c18-14-11-12(19)5-6-16(14)21-7-9-22(10-8-21)17(23)13-3-1-2-4-15(13)20/h1-6,11H,7-10H2. The highest BCUT2D eigenvalue weighted by atomic mass is 79.9. The maximum absolute atomic E-state index is 13.8. The molecule has 0 spiro atoms. The van der Waals surface area contributed by atoms with Gasteiger partial charge in [-0.2, -0.15) is 0 Å². The van der Waals surface area contributed by atoms with Crippen molar-refractivity contribution < 1.29 is 9.18 Å². The van der Waals surface area contributed by atoms with E-state index in [0.29, 0.717) is 31.2 Å². The smallest absolute Gasteiger partial charge is 0.256 e. The maximum atomic E-state index is 13.8. The first-order valence-corrected chi connectivity index (χ1v) is 8.47. The van der Waals surface area contributed by atoms with E-state index >= 15 is 0 Å². The van der Waals surface area contributed by atoms with Gasteiger partial charge in [-0.3, -0.25) is 4.79 Å². The molecule has 1 saturated heterocycles. The highest BCUT2D eigenvalue weighted by Crippen LogP contribution is 2.30. The fourth-order valence-corrected chi connectivity index (χ4v) is 3.63. The molecule has 3 rings (SSSR count). The van der Waals surface area contributed by atoms with E-state index in [1.165, 1.54) is 12.1 Å². The number of anilines is 1. The summed E-state index contributed by atoms with van der Waals surface area (Å²) in [7, 11) is 0. The van der Waals surface area contributed by atoms with Crippen LogP contribution in [0.15, 0.2) is 46.9 Å². The van der Waals surface area contributed by atoms with E-state index in [4.69, 9.17) is 11.6 Å². The van der Waals surface area contributed by atoms with Gasteiger partial charge in [0.15, 0.2) is 0 Å². The van der Waals surface area contributed by atoms with Crippen LogP contribution in [0.25, 0.3) is 0 Å². The van der Waals surface area contributed by atoms with E-state index in [1.54, 1.807) is 17.0 Å². The molecule has 6 heteroatoms. The van der Waals surface area contributed by atoms with Crippen molar-refractivity contribution in [2.75, 3.05) is 31.1 Å². The lowest BCUT2D eigenvalue weighted by Crippen LogP contribution is -2.49. The van der Waals surface area contributed by atoms with Crippen molar-refractivity contribution in [1.29, 1.82) is 0 Å². The van der Waals surface area contributed by atoms with Gasteiger partial charge >= 0.3 is 0 Å². The van der Waals surface area contributed by atoms with Gasteiger partial charge < -0.3 is 9.80 Å². The molecule has 0 aliphatic carbocycles. The third-order valence-electron chi connectivity index (χ3n) is 3.92. The number of hydrogen-bond donors (Lipinski definition) is 0. The monoisotopic (exact) mass is 396 g/mol. The predicted molar refractivity (Wildman–Crippen MR) is 93.7 cm³/mol. The second-order valence-electron chi connectivity index (χ2n) is 5.35. The third kappa shape index (κ3) is 3.51. The number of amides is 1. The number of piperazine rings is 1. The second-order valence-corrected chi connectivity index (χ2v) is 6.65. The predicted octanol–water partition coefficient (Wildman–Crippen LogP) is 4.20. The van der Waals surface area contributed by atoms with Gasteiger partial charge in [-0.1, -0.05) is 23.7 Å². The number of nitrogens with zero attached hydrogens (tertiary/aromatic N) is 2. The average molecular weight is 398 g/mol. The van der Waals surface area contributed by atoms with E-state index in [2.05, 4.69) is 20.8 Å². The molecule has 3 nitrogen and oxygen atoms in total. The molecule has 1 aliphatic heterocycles. The fourth-order valence-electron chi connectivity index (χ4n) is 2.69. The van der Waals surface area contributed by atoms with Gasteiger partial charge in [-0.25, -0.2) is 4.39 Å². The van der Waals surface area contributed by atoms with Crippen molar-refractivity contribution >= 4 is 39.1 Å². The second kappa shape index (κ2) is 6.89. The summed E-state index contributed by atoms with van der Waals surface area (Å²) in [5.41, 5.74) is 1.18. The first-order chi connectivity index (χ1) is 11.1. The number of hydrogen-bond acceptors (Lipinski definition) is 2. The van der Waals surface area contributed by atoms with Gasteiger partial charge in [0, 0.05) is 35.7 Å². The number of carbonyl (C=O) groups is 1. The molecule has 2 aromatic carbocycles. The summed E-state index contributed by atoms with van der Waals surface area (Å²) in [6.45, 7) is 2.51. The molecule has 1 amide bonds. The van der Waals surface area contributed by atoms with Crippen LogP contribution in [0.4, 0.5) is 10.1 Å². The minimum atomic E-state index is -0.472. The SMILES string of the molecule is O=C(c1ccccc1F)N1CCN(c2ccc(Cl)cc2Br)CC1. The molecule has 23 heavy (non-hydrogen) atoms. The van der Waals surface area contributed by atoms with Crippen LogP contribution in [0.3, 0.4) is 0 Å². The summed E-state index contributed by atoms with van der Waals surface area (Å²) in [5, 5.41) is 0.675. The van der Waals surface area contributed by atoms with Crippen molar-refractivity contribution in [1.82, 2.24) is 4.90 Å². The van der Waals surface area contributed by atoms with Crippen LogP contribution in [0, 0.1) is 5.82 Å². The Balaban J connectivity index is 1.69. The number of benzene rings is 2. The molecule has 2 aromatic rings. The maximum Gasteiger partial charge on any atom is 0.256 e. The van der Waals surface area contributed by atoms with Crippen molar-refractivity contribution in [2.24, 2.45) is 0 Å². The van der Waals surface area contributed by atoms with Crippen LogP contribution in [0.5, 0.6) is 0 Å². The molecular formula is C17H15BrClFN2O. The molecule has 0 unspecified atom stereocenters. The summed E-state index contributed by atoms with van der Waals surface area (Å²) in [6, 6.07) is 11.8. The summed E-state index contributed by atoms with van der Waals surface area (Å²) < 4.78 is 14.7. The van der Waals surface area contributed by atoms with Crippen LogP contribution < -0.4 is 4.90 Å². The molecule has 1 aliphatic rings. The Morgan fingerprint density at radius 2 is 1.78 bits per heavy atom. The van der Waals surface area contributed by atoms with E-state index in [0.717, 1.165) is 10.2 Å². The summed E-state index contributed by atoms with van der Waals surface area (Å²) >= 11 is 9.48. The minimum absolute atomic E-state index is 0.133. The summed E-state index contributed by atoms with van der Waals surface area (Å²) in [5.74, 6) is -0.724. The largest absolute Gasteiger partial charge is 0.367 e. The average Bonchev–Trinajstić information content (AvgIpc) is 2.55. The molecule has 120 valence electrons. The molecule has 0 bridgehead atoms. The zero-order valence-corrected chi connectivity index (χ0v) is 14.6. The van der Waals surface area contributed by atoms with Gasteiger partial charge in [0.25, 0.3) is 5.91 Å². The summed E-state index contributed by atoms with van der Waals surface area (Å²) in [6.07, 6.45) is 0. The van der Waals surface area contributed by atoms with E-state index in [-0.39, 0.29) is 11.5 Å². The molecule has 1 fully saturated rings. The normalized spacial score (nSPS) is 14.9. The molecule has 0 saturated carbocycles. The number of carbonyl (C=O) groups excluding carboxylic acids is 1. The van der Waals surface area contributed by atoms with E-state index in [1.807, 2.05) is 18.2 Å². The van der Waals surface area contributed by atoms with Crippen molar-refractivity contribution in [3.05, 3.63) is 63.3 Å². The van der Waals surface area contributed by atoms with Gasteiger partial charge in [0.05, 0.1) is 11.3 Å². The highest BCUT2D eigenvalue weighted by Gasteiger charge is 2.24. The molecule has 0 aromatic heterocycles. The van der Waals surface area contributed by atoms with Gasteiger partial charge in [-0.15, -0.1) is 0 Å². The Hall–Kier alpha value is -1.59. The first kappa shape index (κ1) is 16.3. The van der Waals surface area contributed by atoms with Gasteiger partial charge in [0.1, 0.15) is 5.82 Å². The van der Waals surface area contributed by atoms with Crippen LogP contribution >= 0.6 is 27.5 Å². The Labute approximate surface area is 147 Å². The zero-order chi connectivity index (χ0) is 16.4. The molecule has 0 atom stereocenters. The Morgan fingerprint density at radius 3 is 2.43 bits per heavy atom. The zero-order valence-electron chi connectivity index (χ0n) is 12.3. The molecule has 0 radical (unpaired) electrons. The van der Waals surface area contributed by atoms with Crippen LogP contribution in [0.1, 0.15) is 10.4 Å². The van der Waals surface area contributed by atoms with E-state index < -0.39 is 5.82 Å². The topological polar surface area (TPSA) is 23.6 Å². The molecule has 0 N–H and O–H groups in total. The van der Waals surface area contributed by atoms with Gasteiger partial charge in [0.2, 0.25) is 0 Å². The first-order valence-electron chi connectivity index (χ1n) is 7.30. The van der Waals surface area contributed by atoms with E-state index in [9.17, 15) is 9.18 Å². The Kier molecular flexibility index (Phi) is 4.87. The highest BCUT2D eigenvalue weighted by molar-refractivity contribution is 9.10. The van der Waals surface area contributed by atoms with Crippen molar-refractivity contribution in [3.8, 4) is 0 Å². The fraction of sp³-hybridized carbons (Fsp3) is 0.235. The lowest BCUT2D eigenvalue weighted by Gasteiger charge is -2.36. The lowest BCUT2D eigenvalue weighted by molar-refractivity contribution is 0.0742. The number of halogens is 3. The van der Waals surface area contributed by atoms with Crippen LogP contribution in [-0.4, -0.2) is 37.0 Å². The third-order valence-corrected chi connectivity index (χ3v) is 4.79. The van der Waals surface area contributed by atoms with Gasteiger partial charge in [-0.05, 0) is 46.3 Å². The Bertz CT molecular complexity index is 732. The lowest BCUT2D eigenvalue weighted by atomic mass is 10.1. The van der Waals surface area contributed by atoms with Crippen LogP contribution in [0.2, 0.25) is 5.02 Å². The quantitative estimate of drug-likeness (QED) is 0.758. The molecule has 1 heterocycles. The molecular weight excluding hydrogens is 383 g/mol.